The first-order valence-corrected chi connectivity index (χ1v) is 7.04. The van der Waals surface area contributed by atoms with Crippen LogP contribution in [-0.2, 0) is 16.0 Å². The summed E-state index contributed by atoms with van der Waals surface area (Å²) in [6.07, 6.45) is 0.442. The van der Waals surface area contributed by atoms with E-state index in [1.165, 1.54) is 0 Å². The lowest BCUT2D eigenvalue weighted by molar-refractivity contribution is -0.134. The number of ether oxygens (including phenoxy) is 1. The smallest absolute Gasteiger partial charge is 0.227 e. The molecular formula is C12H13Br2NO2. The second-order valence-corrected chi connectivity index (χ2v) is 5.78. The molecular weight excluding hydrogens is 350 g/mol. The molecule has 0 bridgehead atoms. The zero-order valence-electron chi connectivity index (χ0n) is 9.29. The summed E-state index contributed by atoms with van der Waals surface area (Å²) in [4.78, 5) is 13.9. The fourth-order valence-corrected chi connectivity index (χ4v) is 3.20. The number of rotatable bonds is 2. The molecule has 1 aliphatic heterocycles. The van der Waals surface area contributed by atoms with Crippen molar-refractivity contribution in [1.29, 1.82) is 0 Å². The van der Waals surface area contributed by atoms with Gasteiger partial charge in [0.15, 0.2) is 0 Å². The predicted molar refractivity (Wildman–Crippen MR) is 72.9 cm³/mol. The van der Waals surface area contributed by atoms with Crippen molar-refractivity contribution in [2.24, 2.45) is 0 Å². The van der Waals surface area contributed by atoms with Gasteiger partial charge in [0.2, 0.25) is 5.91 Å². The van der Waals surface area contributed by atoms with Gasteiger partial charge in [-0.1, -0.05) is 31.9 Å². The fourth-order valence-electron chi connectivity index (χ4n) is 1.81. The minimum absolute atomic E-state index is 0.165. The molecule has 5 heteroatoms. The third-order valence-electron chi connectivity index (χ3n) is 2.64. The minimum atomic E-state index is 0.165. The van der Waals surface area contributed by atoms with Crippen molar-refractivity contribution in [2.75, 3.05) is 26.3 Å². The van der Waals surface area contributed by atoms with Crippen molar-refractivity contribution in [3.63, 3.8) is 0 Å². The summed E-state index contributed by atoms with van der Waals surface area (Å²) in [5, 5.41) is 0. The van der Waals surface area contributed by atoms with Gasteiger partial charge < -0.3 is 9.64 Å². The summed E-state index contributed by atoms with van der Waals surface area (Å²) in [5.41, 5.74) is 1.02. The highest BCUT2D eigenvalue weighted by Gasteiger charge is 2.17. The monoisotopic (exact) mass is 361 g/mol. The molecule has 0 atom stereocenters. The quantitative estimate of drug-likeness (QED) is 0.809. The van der Waals surface area contributed by atoms with Gasteiger partial charge >= 0.3 is 0 Å². The summed E-state index contributed by atoms with van der Waals surface area (Å²) in [6.45, 7) is 2.70. The second kappa shape index (κ2) is 5.98. The summed E-state index contributed by atoms with van der Waals surface area (Å²) >= 11 is 6.85. The standard InChI is InChI=1S/C12H13Br2NO2/c13-10-5-9(6-11(14)8-10)7-12(16)15-1-3-17-4-2-15/h5-6,8H,1-4,7H2. The van der Waals surface area contributed by atoms with E-state index >= 15 is 0 Å². The number of halogens is 2. The Morgan fingerprint density at radius 3 is 2.35 bits per heavy atom. The molecule has 3 nitrogen and oxygen atoms in total. The van der Waals surface area contributed by atoms with Crippen LogP contribution in [0.4, 0.5) is 0 Å². The van der Waals surface area contributed by atoms with Gasteiger partial charge in [0.05, 0.1) is 19.6 Å². The Bertz CT molecular complexity index is 397. The van der Waals surface area contributed by atoms with E-state index < -0.39 is 0 Å². The van der Waals surface area contributed by atoms with Gasteiger partial charge in [-0.05, 0) is 23.8 Å². The van der Waals surface area contributed by atoms with Crippen molar-refractivity contribution >= 4 is 37.8 Å². The molecule has 0 N–H and O–H groups in total. The molecule has 0 unspecified atom stereocenters. The molecule has 1 aromatic carbocycles. The van der Waals surface area contributed by atoms with Gasteiger partial charge in [-0.25, -0.2) is 0 Å². The van der Waals surface area contributed by atoms with Gasteiger partial charge in [-0.2, -0.15) is 0 Å². The molecule has 1 fully saturated rings. The van der Waals surface area contributed by atoms with E-state index in [0.29, 0.717) is 32.7 Å². The largest absolute Gasteiger partial charge is 0.378 e. The zero-order valence-corrected chi connectivity index (χ0v) is 12.5. The molecule has 1 aliphatic rings. The Kier molecular flexibility index (Phi) is 4.59. The zero-order chi connectivity index (χ0) is 12.3. The average molecular weight is 363 g/mol. The molecule has 0 aliphatic carbocycles. The summed E-state index contributed by atoms with van der Waals surface area (Å²) < 4.78 is 7.20. The molecule has 1 saturated heterocycles. The lowest BCUT2D eigenvalue weighted by atomic mass is 10.1. The maximum Gasteiger partial charge on any atom is 0.227 e. The third-order valence-corrected chi connectivity index (χ3v) is 3.56. The SMILES string of the molecule is O=C(Cc1cc(Br)cc(Br)c1)N1CCOCC1. The number of amides is 1. The van der Waals surface area contributed by atoms with E-state index in [2.05, 4.69) is 31.9 Å². The van der Waals surface area contributed by atoms with Crippen LogP contribution < -0.4 is 0 Å². The highest BCUT2D eigenvalue weighted by molar-refractivity contribution is 9.11. The number of hydrogen-bond acceptors (Lipinski definition) is 2. The number of carbonyl (C=O) groups is 1. The van der Waals surface area contributed by atoms with Crippen molar-refractivity contribution < 1.29 is 9.53 Å². The minimum Gasteiger partial charge on any atom is -0.378 e. The van der Waals surface area contributed by atoms with E-state index in [4.69, 9.17) is 4.74 Å². The summed E-state index contributed by atoms with van der Waals surface area (Å²) in [6, 6.07) is 5.91. The lowest BCUT2D eigenvalue weighted by Gasteiger charge is -2.26. The molecule has 92 valence electrons. The number of hydrogen-bond donors (Lipinski definition) is 0. The van der Waals surface area contributed by atoms with Crippen LogP contribution in [-0.4, -0.2) is 37.1 Å². The van der Waals surface area contributed by atoms with E-state index in [1.807, 2.05) is 23.1 Å². The maximum absolute atomic E-state index is 12.0. The Labute approximate surface area is 117 Å². The third kappa shape index (κ3) is 3.79. The van der Waals surface area contributed by atoms with Crippen LogP contribution in [0.2, 0.25) is 0 Å². The average Bonchev–Trinajstić information content (AvgIpc) is 2.28. The van der Waals surface area contributed by atoms with E-state index in [-0.39, 0.29) is 5.91 Å². The number of benzene rings is 1. The van der Waals surface area contributed by atoms with Crippen molar-refractivity contribution in [3.8, 4) is 0 Å². The molecule has 17 heavy (non-hydrogen) atoms. The van der Waals surface area contributed by atoms with Gasteiger partial charge in [-0.15, -0.1) is 0 Å². The van der Waals surface area contributed by atoms with Gasteiger partial charge in [0, 0.05) is 22.0 Å². The highest BCUT2D eigenvalue weighted by atomic mass is 79.9. The molecule has 2 rings (SSSR count). The fraction of sp³-hybridized carbons (Fsp3) is 0.417. The second-order valence-electron chi connectivity index (χ2n) is 3.95. The molecule has 0 saturated carbocycles. The van der Waals surface area contributed by atoms with Gasteiger partial charge in [-0.3, -0.25) is 4.79 Å². The maximum atomic E-state index is 12.0. The topological polar surface area (TPSA) is 29.5 Å². The first-order chi connectivity index (χ1) is 8.15. The predicted octanol–water partition coefficient (Wildman–Crippen LogP) is 2.61. The Balaban J connectivity index is 2.01. The number of carbonyl (C=O) groups excluding carboxylic acids is 1. The van der Waals surface area contributed by atoms with Crippen LogP contribution in [0.1, 0.15) is 5.56 Å². The van der Waals surface area contributed by atoms with Gasteiger partial charge in [0.25, 0.3) is 0 Å². The van der Waals surface area contributed by atoms with Gasteiger partial charge in [0.1, 0.15) is 0 Å². The van der Waals surface area contributed by atoms with Crippen LogP contribution in [0.3, 0.4) is 0 Å². The normalized spacial score (nSPS) is 16.0. The number of nitrogens with zero attached hydrogens (tertiary/aromatic N) is 1. The van der Waals surface area contributed by atoms with Crippen molar-refractivity contribution in [3.05, 3.63) is 32.7 Å². The van der Waals surface area contributed by atoms with E-state index in [9.17, 15) is 4.79 Å². The Hall–Kier alpha value is -0.390. The molecule has 1 aromatic rings. The lowest BCUT2D eigenvalue weighted by Crippen LogP contribution is -2.41. The summed E-state index contributed by atoms with van der Waals surface area (Å²) in [7, 11) is 0. The van der Waals surface area contributed by atoms with E-state index in [0.717, 1.165) is 14.5 Å². The van der Waals surface area contributed by atoms with Crippen molar-refractivity contribution in [2.45, 2.75) is 6.42 Å². The van der Waals surface area contributed by atoms with Crippen LogP contribution in [0.5, 0.6) is 0 Å². The van der Waals surface area contributed by atoms with Crippen LogP contribution in [0.25, 0.3) is 0 Å². The van der Waals surface area contributed by atoms with Crippen LogP contribution in [0.15, 0.2) is 27.1 Å². The first kappa shape index (κ1) is 13.1. The molecule has 1 amide bonds. The Morgan fingerprint density at radius 1 is 1.18 bits per heavy atom. The molecule has 1 heterocycles. The first-order valence-electron chi connectivity index (χ1n) is 5.45. The summed E-state index contributed by atoms with van der Waals surface area (Å²) in [5.74, 6) is 0.165. The van der Waals surface area contributed by atoms with Crippen LogP contribution in [0, 0.1) is 0 Å². The van der Waals surface area contributed by atoms with Crippen LogP contribution >= 0.6 is 31.9 Å². The van der Waals surface area contributed by atoms with Crippen molar-refractivity contribution in [1.82, 2.24) is 4.90 Å². The highest BCUT2D eigenvalue weighted by Crippen LogP contribution is 2.20. The Morgan fingerprint density at radius 2 is 1.76 bits per heavy atom. The molecule has 0 spiro atoms. The number of morpholine rings is 1. The molecule has 0 aromatic heterocycles. The van der Waals surface area contributed by atoms with E-state index in [1.54, 1.807) is 0 Å². The molecule has 0 radical (unpaired) electrons.